The van der Waals surface area contributed by atoms with E-state index in [2.05, 4.69) is 10.2 Å². The number of aromatic nitrogens is 1. The summed E-state index contributed by atoms with van der Waals surface area (Å²) in [5.41, 5.74) is 3.50. The molecule has 2 aromatic carbocycles. The highest BCUT2D eigenvalue weighted by Crippen LogP contribution is 2.22. The number of nitrogens with one attached hydrogen (secondary N) is 1. The molecule has 0 aliphatic carbocycles. The van der Waals surface area contributed by atoms with Crippen LogP contribution in [-0.4, -0.2) is 28.5 Å². The molecule has 0 spiro atoms. The van der Waals surface area contributed by atoms with Gasteiger partial charge in [-0.25, -0.2) is 0 Å². The van der Waals surface area contributed by atoms with Gasteiger partial charge in [-0.1, -0.05) is 29.9 Å². The van der Waals surface area contributed by atoms with E-state index in [1.807, 2.05) is 49.4 Å². The van der Waals surface area contributed by atoms with Gasteiger partial charge in [-0.2, -0.15) is 0 Å². The average molecular weight is 396 g/mol. The molecule has 1 N–H and O–H groups in total. The smallest absolute Gasteiger partial charge is 0.308 e. The lowest BCUT2D eigenvalue weighted by Crippen LogP contribution is -2.29. The molecule has 2 heterocycles. The third kappa shape index (κ3) is 4.03. The van der Waals surface area contributed by atoms with E-state index in [0.29, 0.717) is 17.8 Å². The highest BCUT2D eigenvalue weighted by Gasteiger charge is 2.12. The van der Waals surface area contributed by atoms with E-state index < -0.39 is 0 Å². The zero-order chi connectivity index (χ0) is 19.5. The van der Waals surface area contributed by atoms with Crippen molar-refractivity contribution in [2.75, 3.05) is 18.4 Å². The Morgan fingerprint density at radius 1 is 1.07 bits per heavy atom. The monoisotopic (exact) mass is 395 g/mol. The molecule has 1 saturated heterocycles. The minimum absolute atomic E-state index is 0.0327. The molecule has 0 atom stereocenters. The second-order valence-corrected chi connectivity index (χ2v) is 8.28. The van der Waals surface area contributed by atoms with Crippen molar-refractivity contribution in [3.8, 4) is 0 Å². The zero-order valence-corrected chi connectivity index (χ0v) is 16.9. The Bertz CT molecular complexity index is 1030. The number of anilines is 1. The van der Waals surface area contributed by atoms with Crippen LogP contribution in [0.2, 0.25) is 0 Å². The Balaban J connectivity index is 1.44. The predicted molar refractivity (Wildman–Crippen MR) is 115 cm³/mol. The average Bonchev–Trinajstić information content (AvgIpc) is 3.03. The number of amides is 1. The minimum Gasteiger partial charge on any atom is -0.322 e. The van der Waals surface area contributed by atoms with E-state index in [1.165, 1.54) is 36.2 Å². The van der Waals surface area contributed by atoms with Gasteiger partial charge in [-0.3, -0.25) is 19.1 Å². The van der Waals surface area contributed by atoms with Crippen LogP contribution in [0.4, 0.5) is 5.69 Å². The van der Waals surface area contributed by atoms with Crippen LogP contribution in [-0.2, 0) is 13.1 Å². The maximum Gasteiger partial charge on any atom is 0.308 e. The zero-order valence-electron chi connectivity index (χ0n) is 16.1. The SMILES string of the molecule is CCn1c(=O)sc2cc(NC(=O)c3ccc(CN4CCCCC4)cc3)ccc21. The Labute approximate surface area is 168 Å². The highest BCUT2D eigenvalue weighted by atomic mass is 32.1. The number of carbonyl (C=O) groups excluding carboxylic acids is 1. The Hall–Kier alpha value is -2.44. The fraction of sp³-hybridized carbons (Fsp3) is 0.364. The second-order valence-electron chi connectivity index (χ2n) is 7.28. The van der Waals surface area contributed by atoms with Crippen molar-refractivity contribution >= 4 is 33.1 Å². The van der Waals surface area contributed by atoms with Crippen LogP contribution in [0.25, 0.3) is 10.2 Å². The molecule has 0 bridgehead atoms. The van der Waals surface area contributed by atoms with Gasteiger partial charge in [0.15, 0.2) is 0 Å². The molecule has 1 aromatic heterocycles. The first-order valence-corrected chi connectivity index (χ1v) is 10.7. The summed E-state index contributed by atoms with van der Waals surface area (Å²) in [5.74, 6) is -0.133. The molecule has 146 valence electrons. The summed E-state index contributed by atoms with van der Waals surface area (Å²) >= 11 is 1.21. The van der Waals surface area contributed by atoms with Gasteiger partial charge in [0.25, 0.3) is 5.91 Å². The van der Waals surface area contributed by atoms with Crippen molar-refractivity contribution in [1.29, 1.82) is 0 Å². The van der Waals surface area contributed by atoms with Gasteiger partial charge in [0.1, 0.15) is 0 Å². The molecule has 6 heteroatoms. The predicted octanol–water partition coefficient (Wildman–Crippen LogP) is 4.32. The van der Waals surface area contributed by atoms with Gasteiger partial charge < -0.3 is 5.32 Å². The van der Waals surface area contributed by atoms with Crippen LogP contribution < -0.4 is 10.2 Å². The number of hydrogen-bond acceptors (Lipinski definition) is 4. The molecule has 28 heavy (non-hydrogen) atoms. The van der Waals surface area contributed by atoms with Gasteiger partial charge in [0, 0.05) is 24.3 Å². The molecule has 4 rings (SSSR count). The number of benzene rings is 2. The van der Waals surface area contributed by atoms with E-state index in [0.717, 1.165) is 29.9 Å². The summed E-state index contributed by atoms with van der Waals surface area (Å²) in [6.07, 6.45) is 3.89. The quantitative estimate of drug-likeness (QED) is 0.700. The number of hydrogen-bond donors (Lipinski definition) is 1. The standard InChI is InChI=1S/C22H25N3O2S/c1-2-25-19-11-10-18(14-20(19)28-22(25)27)23-21(26)17-8-6-16(7-9-17)15-24-12-4-3-5-13-24/h6-11,14H,2-5,12-13,15H2,1H3,(H,23,26). The fourth-order valence-electron chi connectivity index (χ4n) is 3.78. The van der Waals surface area contributed by atoms with E-state index in [9.17, 15) is 9.59 Å². The number of aryl methyl sites for hydroxylation is 1. The minimum atomic E-state index is -0.133. The van der Waals surface area contributed by atoms with Crippen molar-refractivity contribution in [1.82, 2.24) is 9.47 Å². The number of nitrogens with zero attached hydrogens (tertiary/aromatic N) is 2. The number of thiazole rings is 1. The number of fused-ring (bicyclic) bond motifs is 1. The summed E-state index contributed by atoms with van der Waals surface area (Å²) in [6.45, 7) is 5.88. The third-order valence-electron chi connectivity index (χ3n) is 5.31. The van der Waals surface area contributed by atoms with Gasteiger partial charge >= 0.3 is 4.87 Å². The van der Waals surface area contributed by atoms with E-state index in [4.69, 9.17) is 0 Å². The summed E-state index contributed by atoms with van der Waals surface area (Å²) in [4.78, 5) is 27.1. The maximum absolute atomic E-state index is 12.6. The summed E-state index contributed by atoms with van der Waals surface area (Å²) < 4.78 is 2.63. The van der Waals surface area contributed by atoms with Gasteiger partial charge in [-0.05, 0) is 68.8 Å². The van der Waals surface area contributed by atoms with Crippen molar-refractivity contribution in [3.05, 3.63) is 63.3 Å². The summed E-state index contributed by atoms with van der Waals surface area (Å²) in [5, 5.41) is 2.94. The number of carbonyl (C=O) groups is 1. The number of rotatable bonds is 5. The molecule has 1 aliphatic rings. The fourth-order valence-corrected chi connectivity index (χ4v) is 4.78. The molecular formula is C22H25N3O2S. The molecule has 1 aliphatic heterocycles. The highest BCUT2D eigenvalue weighted by molar-refractivity contribution is 7.16. The van der Waals surface area contributed by atoms with E-state index >= 15 is 0 Å². The van der Waals surface area contributed by atoms with Crippen molar-refractivity contribution in [2.24, 2.45) is 0 Å². The second kappa shape index (κ2) is 8.29. The first-order chi connectivity index (χ1) is 13.6. The first-order valence-electron chi connectivity index (χ1n) is 9.90. The van der Waals surface area contributed by atoms with Crippen LogP contribution in [0.3, 0.4) is 0 Å². The molecule has 0 saturated carbocycles. The normalized spacial score (nSPS) is 15.0. The molecular weight excluding hydrogens is 370 g/mol. The Morgan fingerprint density at radius 2 is 1.82 bits per heavy atom. The number of piperidine rings is 1. The topological polar surface area (TPSA) is 54.3 Å². The van der Waals surface area contributed by atoms with E-state index in [1.54, 1.807) is 4.57 Å². The van der Waals surface area contributed by atoms with Crippen LogP contribution in [0.1, 0.15) is 42.1 Å². The molecule has 0 radical (unpaired) electrons. The Morgan fingerprint density at radius 3 is 2.54 bits per heavy atom. The first kappa shape index (κ1) is 18.9. The van der Waals surface area contributed by atoms with E-state index in [-0.39, 0.29) is 10.8 Å². The van der Waals surface area contributed by atoms with Crippen LogP contribution in [0, 0.1) is 0 Å². The van der Waals surface area contributed by atoms with Gasteiger partial charge in [0.05, 0.1) is 10.2 Å². The molecule has 1 fully saturated rings. The lowest BCUT2D eigenvalue weighted by atomic mass is 10.1. The maximum atomic E-state index is 12.6. The molecule has 0 unspecified atom stereocenters. The van der Waals surface area contributed by atoms with Crippen molar-refractivity contribution in [2.45, 2.75) is 39.3 Å². The molecule has 3 aromatic rings. The summed E-state index contributed by atoms with van der Waals surface area (Å²) in [7, 11) is 0. The van der Waals surface area contributed by atoms with Crippen LogP contribution in [0.15, 0.2) is 47.3 Å². The Kier molecular flexibility index (Phi) is 5.59. The summed E-state index contributed by atoms with van der Waals surface area (Å²) in [6, 6.07) is 13.5. The van der Waals surface area contributed by atoms with Gasteiger partial charge in [-0.15, -0.1) is 0 Å². The molecule has 5 nitrogen and oxygen atoms in total. The lowest BCUT2D eigenvalue weighted by Gasteiger charge is -2.26. The van der Waals surface area contributed by atoms with Crippen LogP contribution in [0.5, 0.6) is 0 Å². The number of likely N-dealkylation sites (tertiary alicyclic amines) is 1. The molecule has 1 amide bonds. The van der Waals surface area contributed by atoms with Crippen LogP contribution >= 0.6 is 11.3 Å². The third-order valence-corrected chi connectivity index (χ3v) is 6.26. The van der Waals surface area contributed by atoms with Crippen molar-refractivity contribution in [3.63, 3.8) is 0 Å². The van der Waals surface area contributed by atoms with Gasteiger partial charge in [0.2, 0.25) is 0 Å². The largest absolute Gasteiger partial charge is 0.322 e. The van der Waals surface area contributed by atoms with Crippen molar-refractivity contribution < 1.29 is 4.79 Å². The lowest BCUT2D eigenvalue weighted by molar-refractivity contribution is 0.102.